The van der Waals surface area contributed by atoms with Gasteiger partial charge < -0.3 is 15.1 Å². The molecule has 5 rings (SSSR count). The average Bonchev–Trinajstić information content (AvgIpc) is 3.48. The van der Waals surface area contributed by atoms with Gasteiger partial charge in [-0.05, 0) is 24.0 Å². The minimum Gasteiger partial charge on any atom is -0.369 e. The maximum Gasteiger partial charge on any atom is 0.291 e. The van der Waals surface area contributed by atoms with Crippen LogP contribution in [0.4, 0.5) is 15.8 Å². The van der Waals surface area contributed by atoms with Gasteiger partial charge in [-0.15, -0.1) is 16.9 Å². The van der Waals surface area contributed by atoms with Gasteiger partial charge in [0.25, 0.3) is 5.91 Å². The van der Waals surface area contributed by atoms with Gasteiger partial charge in [-0.2, -0.15) is 0 Å². The average molecular weight is 495 g/mol. The fourth-order valence-corrected chi connectivity index (χ4v) is 5.59. The molecular weight excluding hydrogens is 467 g/mol. The third-order valence-electron chi connectivity index (χ3n) is 6.42. The number of carbonyl (C=O) groups excluding carboxylic acids is 2. The third-order valence-corrected chi connectivity index (χ3v) is 7.56. The van der Waals surface area contributed by atoms with Crippen molar-refractivity contribution in [1.29, 1.82) is 0 Å². The van der Waals surface area contributed by atoms with E-state index in [1.54, 1.807) is 11.7 Å². The highest BCUT2D eigenvalue weighted by Crippen LogP contribution is 2.39. The Morgan fingerprint density at radius 1 is 1.23 bits per heavy atom. The predicted octanol–water partition coefficient (Wildman–Crippen LogP) is 3.18. The molecular formula is C25H27FN6O2S. The largest absolute Gasteiger partial charge is 0.369 e. The van der Waals surface area contributed by atoms with Crippen molar-refractivity contribution in [2.24, 2.45) is 5.92 Å². The molecule has 3 aromatic rings. The summed E-state index contributed by atoms with van der Waals surface area (Å²) >= 11 is 1.44. The number of anilines is 2. The van der Waals surface area contributed by atoms with Crippen molar-refractivity contribution in [3.05, 3.63) is 66.0 Å². The lowest BCUT2D eigenvalue weighted by molar-refractivity contribution is -0.119. The van der Waals surface area contributed by atoms with Crippen molar-refractivity contribution in [3.8, 4) is 0 Å². The maximum absolute atomic E-state index is 15.0. The van der Waals surface area contributed by atoms with E-state index in [4.69, 9.17) is 0 Å². The van der Waals surface area contributed by atoms with Crippen molar-refractivity contribution < 1.29 is 14.0 Å². The number of thioether (sulfide) groups is 1. The van der Waals surface area contributed by atoms with Crippen molar-refractivity contribution in [2.45, 2.75) is 30.8 Å². The van der Waals surface area contributed by atoms with Crippen LogP contribution >= 0.6 is 11.8 Å². The van der Waals surface area contributed by atoms with Crippen molar-refractivity contribution >= 4 is 35.0 Å². The Balaban J connectivity index is 1.29. The third kappa shape index (κ3) is 4.88. The van der Waals surface area contributed by atoms with E-state index in [2.05, 4.69) is 27.2 Å². The van der Waals surface area contributed by atoms with E-state index in [1.807, 2.05) is 36.4 Å². The number of hydrogen-bond acceptors (Lipinski definition) is 6. The molecule has 1 saturated heterocycles. The van der Waals surface area contributed by atoms with E-state index in [-0.39, 0.29) is 17.5 Å². The van der Waals surface area contributed by atoms with Crippen LogP contribution in [-0.2, 0) is 11.3 Å². The summed E-state index contributed by atoms with van der Waals surface area (Å²) in [6.45, 7) is 4.28. The molecule has 0 saturated carbocycles. The van der Waals surface area contributed by atoms with Crippen LogP contribution < -0.4 is 15.1 Å². The van der Waals surface area contributed by atoms with Crippen molar-refractivity contribution in [1.82, 2.24) is 20.1 Å². The number of aromatic nitrogens is 3. The number of nitrogens with zero attached hydrogens (tertiary/aromatic N) is 5. The van der Waals surface area contributed by atoms with Crippen LogP contribution in [0.2, 0.25) is 0 Å². The Kier molecular flexibility index (Phi) is 6.46. The monoisotopic (exact) mass is 494 g/mol. The molecule has 1 N–H and O–H groups in total. The summed E-state index contributed by atoms with van der Waals surface area (Å²) in [5, 5.41) is 7.02. The lowest BCUT2D eigenvalue weighted by Crippen LogP contribution is -2.48. The number of benzene rings is 2. The quantitative estimate of drug-likeness (QED) is 0.587. The Hall–Kier alpha value is -3.40. The number of nitrogens with one attached hydrogen (secondary N) is 1. The summed E-state index contributed by atoms with van der Waals surface area (Å²) in [5.41, 5.74) is 2.11. The van der Waals surface area contributed by atoms with Crippen LogP contribution in [0.1, 0.15) is 29.5 Å². The first-order valence-electron chi connectivity index (χ1n) is 11.6. The first kappa shape index (κ1) is 23.3. The zero-order valence-electron chi connectivity index (χ0n) is 19.6. The summed E-state index contributed by atoms with van der Waals surface area (Å²) in [6, 6.07) is 12.2. The summed E-state index contributed by atoms with van der Waals surface area (Å²) in [4.78, 5) is 34.4. The molecule has 0 bridgehead atoms. The molecule has 2 aliphatic rings. The predicted molar refractivity (Wildman–Crippen MR) is 133 cm³/mol. The maximum atomic E-state index is 15.0. The molecule has 3 heterocycles. The number of carbonyl (C=O) groups is 2. The highest BCUT2D eigenvalue weighted by molar-refractivity contribution is 7.99. The Labute approximate surface area is 207 Å². The minimum atomic E-state index is -0.788. The Morgan fingerprint density at radius 3 is 2.77 bits per heavy atom. The summed E-state index contributed by atoms with van der Waals surface area (Å²) in [5.74, 6) is -0.320. The van der Waals surface area contributed by atoms with E-state index in [9.17, 15) is 14.0 Å². The normalized spacial score (nSPS) is 20.0. The van der Waals surface area contributed by atoms with Gasteiger partial charge in [-0.25, -0.2) is 14.1 Å². The number of rotatable bonds is 5. The van der Waals surface area contributed by atoms with Crippen molar-refractivity contribution in [3.63, 3.8) is 0 Å². The van der Waals surface area contributed by atoms with E-state index < -0.39 is 11.9 Å². The van der Waals surface area contributed by atoms with Gasteiger partial charge in [0.1, 0.15) is 18.2 Å². The van der Waals surface area contributed by atoms with Crippen molar-refractivity contribution in [2.75, 3.05) is 35.7 Å². The number of fused-ring (bicyclic) bond motifs is 1. The van der Waals surface area contributed by atoms with E-state index >= 15 is 0 Å². The topological polar surface area (TPSA) is 83.4 Å². The summed E-state index contributed by atoms with van der Waals surface area (Å²) < 4.78 is 16.6. The van der Waals surface area contributed by atoms with Crippen LogP contribution in [0, 0.1) is 11.7 Å². The highest BCUT2D eigenvalue weighted by atomic mass is 32.2. The molecule has 0 radical (unpaired) electrons. The first-order chi connectivity index (χ1) is 16.9. The molecule has 8 nitrogen and oxygen atoms in total. The molecule has 10 heteroatoms. The molecule has 0 aliphatic carbocycles. The number of hydrogen-bond donors (Lipinski definition) is 1. The van der Waals surface area contributed by atoms with Crippen LogP contribution in [0.3, 0.4) is 0 Å². The zero-order valence-corrected chi connectivity index (χ0v) is 20.5. The van der Waals surface area contributed by atoms with E-state index in [1.165, 1.54) is 29.1 Å². The second-order valence-electron chi connectivity index (χ2n) is 9.10. The van der Waals surface area contributed by atoms with Gasteiger partial charge in [0.15, 0.2) is 0 Å². The Morgan fingerprint density at radius 2 is 2.03 bits per heavy atom. The van der Waals surface area contributed by atoms with Crippen LogP contribution in [-0.4, -0.2) is 58.5 Å². The van der Waals surface area contributed by atoms with Gasteiger partial charge in [-0.3, -0.25) is 9.59 Å². The van der Waals surface area contributed by atoms with Gasteiger partial charge in [0, 0.05) is 36.9 Å². The number of amides is 2. The molecule has 0 spiro atoms. The van der Waals surface area contributed by atoms with E-state index in [0.717, 1.165) is 30.0 Å². The highest BCUT2D eigenvalue weighted by Gasteiger charge is 2.32. The standard InChI is InChI=1S/C25H27FN6O2S/c1-16-8-9-31(12-16)20-11-22-21(10-18(20)26)30(2)25(34)19(14-35-22)28-24(33)23-27-15-32(29-23)13-17-6-4-3-5-7-17/h3-7,10-11,15-16,19H,8-9,12-14H2,1-2H3,(H,28,33)/t16-,19-/m0/s1. The van der Waals surface area contributed by atoms with Crippen LogP contribution in [0.5, 0.6) is 0 Å². The van der Waals surface area contributed by atoms with Gasteiger partial charge in [0.05, 0.1) is 17.9 Å². The Bertz CT molecular complexity index is 1250. The first-order valence-corrected chi connectivity index (χ1v) is 12.6. The molecule has 2 aromatic carbocycles. The zero-order chi connectivity index (χ0) is 24.5. The minimum absolute atomic E-state index is 0.000343. The van der Waals surface area contributed by atoms with Gasteiger partial charge >= 0.3 is 0 Å². The molecule has 35 heavy (non-hydrogen) atoms. The van der Waals surface area contributed by atoms with Gasteiger partial charge in [0.2, 0.25) is 11.7 Å². The second kappa shape index (κ2) is 9.69. The second-order valence-corrected chi connectivity index (χ2v) is 10.2. The van der Waals surface area contributed by atoms with Crippen LogP contribution in [0.15, 0.2) is 53.7 Å². The lowest BCUT2D eigenvalue weighted by Gasteiger charge is -2.24. The molecule has 1 fully saturated rings. The number of halogens is 1. The molecule has 2 atom stereocenters. The lowest BCUT2D eigenvalue weighted by atomic mass is 10.2. The number of likely N-dealkylation sites (N-methyl/N-ethyl adjacent to an activating group) is 1. The molecule has 182 valence electrons. The fourth-order valence-electron chi connectivity index (χ4n) is 4.47. The smallest absolute Gasteiger partial charge is 0.291 e. The molecule has 1 aromatic heterocycles. The SMILES string of the molecule is C[C@H]1CCN(c2cc3c(cc2F)N(C)C(=O)[C@@H](NC(=O)c2ncn(Cc4ccccc4)n2)CS3)C1. The summed E-state index contributed by atoms with van der Waals surface area (Å²) in [7, 11) is 1.61. The fraction of sp³-hybridized carbons (Fsp3) is 0.360. The van der Waals surface area contributed by atoms with Crippen LogP contribution in [0.25, 0.3) is 0 Å². The summed E-state index contributed by atoms with van der Waals surface area (Å²) in [6.07, 6.45) is 2.53. The molecule has 2 aliphatic heterocycles. The molecule has 0 unspecified atom stereocenters. The van der Waals surface area contributed by atoms with E-state index in [0.29, 0.717) is 29.6 Å². The molecule has 2 amide bonds. The van der Waals surface area contributed by atoms with Gasteiger partial charge in [-0.1, -0.05) is 37.3 Å².